The third-order valence-corrected chi connectivity index (χ3v) is 3.10. The van der Waals surface area contributed by atoms with Gasteiger partial charge in [0.25, 0.3) is 0 Å². The van der Waals surface area contributed by atoms with Gasteiger partial charge >= 0.3 is 0 Å². The van der Waals surface area contributed by atoms with Gasteiger partial charge < -0.3 is 9.73 Å². The van der Waals surface area contributed by atoms with Crippen molar-refractivity contribution in [1.29, 1.82) is 0 Å². The summed E-state index contributed by atoms with van der Waals surface area (Å²) in [7, 11) is 0. The summed E-state index contributed by atoms with van der Waals surface area (Å²) in [4.78, 5) is 4.13. The van der Waals surface area contributed by atoms with E-state index in [0.717, 1.165) is 6.54 Å². The van der Waals surface area contributed by atoms with Crippen LogP contribution in [-0.4, -0.2) is 11.5 Å². The van der Waals surface area contributed by atoms with Gasteiger partial charge in [0.2, 0.25) is 5.89 Å². The van der Waals surface area contributed by atoms with E-state index in [1.54, 1.807) is 18.3 Å². The van der Waals surface area contributed by atoms with Gasteiger partial charge in [-0.15, -0.1) is 0 Å². The Morgan fingerprint density at radius 1 is 1.47 bits per heavy atom. The second-order valence-electron chi connectivity index (χ2n) is 3.50. The zero-order valence-corrected chi connectivity index (χ0v) is 10.9. The Bertz CT molecular complexity index is 513. The molecule has 0 spiro atoms. The monoisotopic (exact) mass is 298 g/mol. The molecule has 1 N–H and O–H groups in total. The van der Waals surface area contributed by atoms with Crippen LogP contribution >= 0.6 is 15.9 Å². The van der Waals surface area contributed by atoms with E-state index in [1.807, 2.05) is 6.92 Å². The van der Waals surface area contributed by atoms with Crippen LogP contribution in [0.15, 0.2) is 33.3 Å². The van der Waals surface area contributed by atoms with E-state index in [0.29, 0.717) is 28.2 Å². The smallest absolute Gasteiger partial charge is 0.208 e. The minimum Gasteiger partial charge on any atom is -0.439 e. The Kier molecular flexibility index (Phi) is 3.91. The van der Waals surface area contributed by atoms with Crippen molar-refractivity contribution in [3.8, 4) is 11.3 Å². The lowest BCUT2D eigenvalue weighted by molar-refractivity contribution is 0.482. The summed E-state index contributed by atoms with van der Waals surface area (Å²) in [5, 5.41) is 3.11. The molecule has 0 atom stereocenters. The third-order valence-electron chi connectivity index (χ3n) is 2.30. The minimum atomic E-state index is -0.313. The van der Waals surface area contributed by atoms with Crippen LogP contribution in [0.1, 0.15) is 12.8 Å². The summed E-state index contributed by atoms with van der Waals surface area (Å²) < 4.78 is 19.3. The predicted octanol–water partition coefficient (Wildman–Crippen LogP) is 3.35. The Labute approximate surface area is 107 Å². The summed E-state index contributed by atoms with van der Waals surface area (Å²) in [6, 6.07) is 4.82. The van der Waals surface area contributed by atoms with Crippen molar-refractivity contribution in [2.24, 2.45) is 0 Å². The molecule has 17 heavy (non-hydrogen) atoms. The molecule has 90 valence electrons. The maximum atomic E-state index is 13.4. The van der Waals surface area contributed by atoms with Gasteiger partial charge in [0, 0.05) is 5.56 Å². The molecule has 5 heteroatoms. The first-order valence-corrected chi connectivity index (χ1v) is 6.11. The largest absolute Gasteiger partial charge is 0.439 e. The summed E-state index contributed by atoms with van der Waals surface area (Å²) in [6.07, 6.45) is 1.60. The number of nitrogens with one attached hydrogen (secondary N) is 1. The SMILES string of the molecule is CCNCc1ncc(-c2cccc(F)c2Br)o1. The van der Waals surface area contributed by atoms with Crippen molar-refractivity contribution in [2.45, 2.75) is 13.5 Å². The van der Waals surface area contributed by atoms with Crippen LogP contribution in [0.2, 0.25) is 0 Å². The van der Waals surface area contributed by atoms with Gasteiger partial charge in [0.1, 0.15) is 5.82 Å². The van der Waals surface area contributed by atoms with Crippen molar-refractivity contribution in [3.05, 3.63) is 40.6 Å². The first-order valence-electron chi connectivity index (χ1n) is 5.32. The van der Waals surface area contributed by atoms with Gasteiger partial charge in [-0.25, -0.2) is 9.37 Å². The van der Waals surface area contributed by atoms with Gasteiger partial charge in [0.15, 0.2) is 5.76 Å². The highest BCUT2D eigenvalue weighted by Crippen LogP contribution is 2.30. The van der Waals surface area contributed by atoms with Gasteiger partial charge in [-0.05, 0) is 34.6 Å². The molecule has 0 aliphatic heterocycles. The molecule has 0 aliphatic rings. The normalized spacial score (nSPS) is 10.8. The molecule has 2 aromatic rings. The molecular formula is C12H12BrFN2O. The predicted molar refractivity (Wildman–Crippen MR) is 67.0 cm³/mol. The average Bonchev–Trinajstić information content (AvgIpc) is 2.78. The zero-order chi connectivity index (χ0) is 12.3. The van der Waals surface area contributed by atoms with Gasteiger partial charge in [-0.2, -0.15) is 0 Å². The van der Waals surface area contributed by atoms with Crippen molar-refractivity contribution in [1.82, 2.24) is 10.3 Å². The molecule has 0 saturated heterocycles. The average molecular weight is 299 g/mol. The quantitative estimate of drug-likeness (QED) is 0.941. The molecule has 0 fully saturated rings. The van der Waals surface area contributed by atoms with Crippen molar-refractivity contribution in [2.75, 3.05) is 6.54 Å². The number of benzene rings is 1. The van der Waals surface area contributed by atoms with E-state index in [1.165, 1.54) is 6.07 Å². The zero-order valence-electron chi connectivity index (χ0n) is 9.34. The lowest BCUT2D eigenvalue weighted by Crippen LogP contribution is -2.11. The van der Waals surface area contributed by atoms with Crippen molar-refractivity contribution < 1.29 is 8.81 Å². The van der Waals surface area contributed by atoms with E-state index in [4.69, 9.17) is 4.42 Å². The molecule has 1 aromatic carbocycles. The molecule has 0 saturated carbocycles. The highest BCUT2D eigenvalue weighted by atomic mass is 79.9. The van der Waals surface area contributed by atoms with E-state index >= 15 is 0 Å². The third kappa shape index (κ3) is 2.73. The van der Waals surface area contributed by atoms with Crippen LogP contribution in [0, 0.1) is 5.82 Å². The molecule has 0 bridgehead atoms. The summed E-state index contributed by atoms with van der Waals surface area (Å²) in [5.74, 6) is 0.842. The first-order chi connectivity index (χ1) is 8.22. The van der Waals surface area contributed by atoms with Gasteiger partial charge in [0.05, 0.1) is 17.2 Å². The minimum absolute atomic E-state index is 0.313. The molecule has 0 radical (unpaired) electrons. The lowest BCUT2D eigenvalue weighted by atomic mass is 10.2. The van der Waals surface area contributed by atoms with Gasteiger partial charge in [-0.1, -0.05) is 13.0 Å². The highest BCUT2D eigenvalue weighted by molar-refractivity contribution is 9.10. The van der Waals surface area contributed by atoms with Crippen LogP contribution < -0.4 is 5.32 Å². The maximum absolute atomic E-state index is 13.4. The highest BCUT2D eigenvalue weighted by Gasteiger charge is 2.11. The standard InChI is InChI=1S/C12H12BrFN2O/c1-2-15-7-11-16-6-10(17-11)8-4-3-5-9(14)12(8)13/h3-6,15H,2,7H2,1H3. The Morgan fingerprint density at radius 2 is 2.29 bits per heavy atom. The summed E-state index contributed by atoms with van der Waals surface area (Å²) >= 11 is 3.20. The molecule has 0 aliphatic carbocycles. The Balaban J connectivity index is 2.27. The number of oxazole rings is 1. The molecule has 1 aromatic heterocycles. The summed E-state index contributed by atoms with van der Waals surface area (Å²) in [5.41, 5.74) is 0.667. The van der Waals surface area contributed by atoms with E-state index in [9.17, 15) is 4.39 Å². The molecule has 2 rings (SSSR count). The van der Waals surface area contributed by atoms with E-state index in [-0.39, 0.29) is 5.82 Å². The van der Waals surface area contributed by atoms with E-state index in [2.05, 4.69) is 26.2 Å². The summed E-state index contributed by atoms with van der Waals surface area (Å²) in [6.45, 7) is 3.43. The van der Waals surface area contributed by atoms with Crippen LogP contribution in [0.25, 0.3) is 11.3 Å². The van der Waals surface area contributed by atoms with Crippen LogP contribution in [0.3, 0.4) is 0 Å². The molecule has 1 heterocycles. The van der Waals surface area contributed by atoms with Gasteiger partial charge in [-0.3, -0.25) is 0 Å². The Hall–Kier alpha value is -1.20. The topological polar surface area (TPSA) is 38.1 Å². The Morgan fingerprint density at radius 3 is 3.06 bits per heavy atom. The van der Waals surface area contributed by atoms with Crippen LogP contribution in [0.4, 0.5) is 4.39 Å². The van der Waals surface area contributed by atoms with Crippen molar-refractivity contribution >= 4 is 15.9 Å². The maximum Gasteiger partial charge on any atom is 0.208 e. The lowest BCUT2D eigenvalue weighted by Gasteiger charge is -2.01. The fourth-order valence-corrected chi connectivity index (χ4v) is 1.90. The van der Waals surface area contributed by atoms with Crippen molar-refractivity contribution in [3.63, 3.8) is 0 Å². The number of nitrogens with zero attached hydrogens (tertiary/aromatic N) is 1. The number of rotatable bonds is 4. The number of halogens is 2. The van der Waals surface area contributed by atoms with Crippen LogP contribution in [0.5, 0.6) is 0 Å². The molecule has 0 amide bonds. The first kappa shape index (κ1) is 12.3. The van der Waals surface area contributed by atoms with Crippen LogP contribution in [-0.2, 0) is 6.54 Å². The second kappa shape index (κ2) is 5.42. The fraction of sp³-hybridized carbons (Fsp3) is 0.250. The fourth-order valence-electron chi connectivity index (χ4n) is 1.44. The molecular weight excluding hydrogens is 287 g/mol. The number of hydrogen-bond donors (Lipinski definition) is 1. The number of aromatic nitrogens is 1. The van der Waals surface area contributed by atoms with E-state index < -0.39 is 0 Å². The molecule has 0 unspecified atom stereocenters. The molecule has 3 nitrogen and oxygen atoms in total. The second-order valence-corrected chi connectivity index (χ2v) is 4.29. The number of hydrogen-bond acceptors (Lipinski definition) is 3.